The zero-order valence-electron chi connectivity index (χ0n) is 13.1. The molecular formula is C19H32. The Bertz CT molecular complexity index is 359. The molecule has 0 N–H and O–H groups in total. The molecule has 4 aliphatic rings. The average Bonchev–Trinajstić information content (AvgIpc) is 2.79. The SMILES string of the molecule is C[C@@]12CCCC1C1CC[C@@H]3CCCC[C@]3(C)C1CC2. The predicted octanol–water partition coefficient (Wildman–Crippen LogP) is 5.81. The summed E-state index contributed by atoms with van der Waals surface area (Å²) in [6.45, 7) is 5.33. The molecule has 19 heavy (non-hydrogen) atoms. The van der Waals surface area contributed by atoms with Crippen LogP contribution in [0.1, 0.15) is 84.5 Å². The first-order chi connectivity index (χ1) is 9.13. The van der Waals surface area contributed by atoms with E-state index in [1.54, 1.807) is 51.4 Å². The van der Waals surface area contributed by atoms with Crippen LogP contribution < -0.4 is 0 Å². The van der Waals surface area contributed by atoms with Gasteiger partial charge in [-0.2, -0.15) is 0 Å². The second kappa shape index (κ2) is 4.25. The third-order valence-electron chi connectivity index (χ3n) is 8.36. The predicted molar refractivity (Wildman–Crippen MR) is 81.0 cm³/mol. The fourth-order valence-electron chi connectivity index (χ4n) is 7.29. The van der Waals surface area contributed by atoms with Gasteiger partial charge in [-0.1, -0.05) is 33.1 Å². The number of hydrogen-bond acceptors (Lipinski definition) is 0. The Labute approximate surface area is 119 Å². The van der Waals surface area contributed by atoms with Crippen LogP contribution in [0.5, 0.6) is 0 Å². The van der Waals surface area contributed by atoms with Crippen molar-refractivity contribution in [2.75, 3.05) is 0 Å². The molecule has 3 unspecified atom stereocenters. The molecule has 0 bridgehead atoms. The molecule has 0 heterocycles. The van der Waals surface area contributed by atoms with Gasteiger partial charge in [-0.3, -0.25) is 0 Å². The quantitative estimate of drug-likeness (QED) is 0.515. The van der Waals surface area contributed by atoms with Gasteiger partial charge in [0.05, 0.1) is 0 Å². The van der Waals surface area contributed by atoms with Crippen molar-refractivity contribution < 1.29 is 0 Å². The van der Waals surface area contributed by atoms with Crippen LogP contribution in [0.15, 0.2) is 0 Å². The molecule has 0 aromatic heterocycles. The number of hydrogen-bond donors (Lipinski definition) is 0. The van der Waals surface area contributed by atoms with Gasteiger partial charge in [0.25, 0.3) is 0 Å². The Morgan fingerprint density at radius 2 is 1.58 bits per heavy atom. The van der Waals surface area contributed by atoms with Crippen LogP contribution in [-0.2, 0) is 0 Å². The highest BCUT2D eigenvalue weighted by Crippen LogP contribution is 2.66. The second-order valence-electron chi connectivity index (χ2n) is 8.99. The Balaban J connectivity index is 1.64. The largest absolute Gasteiger partial charge is 0.0594 e. The zero-order chi connectivity index (χ0) is 13.1. The van der Waals surface area contributed by atoms with Gasteiger partial charge < -0.3 is 0 Å². The van der Waals surface area contributed by atoms with Crippen LogP contribution >= 0.6 is 0 Å². The van der Waals surface area contributed by atoms with E-state index in [9.17, 15) is 0 Å². The van der Waals surface area contributed by atoms with E-state index >= 15 is 0 Å². The maximum atomic E-state index is 2.70. The van der Waals surface area contributed by atoms with Crippen LogP contribution in [0.4, 0.5) is 0 Å². The van der Waals surface area contributed by atoms with Crippen molar-refractivity contribution in [2.45, 2.75) is 84.5 Å². The smallest absolute Gasteiger partial charge is 0.0266 e. The molecule has 0 nitrogen and oxygen atoms in total. The summed E-state index contributed by atoms with van der Waals surface area (Å²) in [5.41, 5.74) is 1.49. The lowest BCUT2D eigenvalue weighted by atomic mass is 9.45. The molecule has 4 aliphatic carbocycles. The number of fused-ring (bicyclic) bond motifs is 5. The summed E-state index contributed by atoms with van der Waals surface area (Å²) in [5, 5.41) is 0. The standard InChI is InChI=1S/C19H32/c1-18-11-5-7-16(18)15-9-8-14-6-3-4-12-19(14,2)17(15)10-13-18/h14-17H,3-13H2,1-2H3/t14-,15?,16?,17?,18-,19-/m0/s1. The van der Waals surface area contributed by atoms with Gasteiger partial charge in [0, 0.05) is 0 Å². The Morgan fingerprint density at radius 1 is 0.684 bits per heavy atom. The molecule has 0 spiro atoms. The van der Waals surface area contributed by atoms with E-state index in [0.717, 1.165) is 34.5 Å². The Kier molecular flexibility index (Phi) is 2.84. The lowest BCUT2D eigenvalue weighted by molar-refractivity contribution is -0.103. The van der Waals surface area contributed by atoms with Crippen LogP contribution in [0.25, 0.3) is 0 Å². The van der Waals surface area contributed by atoms with Crippen molar-refractivity contribution >= 4 is 0 Å². The summed E-state index contributed by atoms with van der Waals surface area (Å²) in [4.78, 5) is 0. The molecule has 0 aromatic rings. The minimum atomic E-state index is 0.741. The van der Waals surface area contributed by atoms with Crippen LogP contribution in [0, 0.1) is 34.5 Å². The molecule has 0 heteroatoms. The summed E-state index contributed by atoms with van der Waals surface area (Å²) >= 11 is 0. The molecule has 0 saturated heterocycles. The molecule has 108 valence electrons. The normalized spacial score (nSPS) is 57.2. The number of rotatable bonds is 0. The lowest BCUT2D eigenvalue weighted by Gasteiger charge is -2.60. The molecule has 4 saturated carbocycles. The zero-order valence-corrected chi connectivity index (χ0v) is 13.1. The fourth-order valence-corrected chi connectivity index (χ4v) is 7.29. The molecule has 6 atom stereocenters. The summed E-state index contributed by atoms with van der Waals surface area (Å²) in [5.74, 6) is 4.41. The highest BCUT2D eigenvalue weighted by molar-refractivity contribution is 5.06. The average molecular weight is 260 g/mol. The van der Waals surface area contributed by atoms with Gasteiger partial charge in [0.1, 0.15) is 0 Å². The molecule has 4 rings (SSSR count). The monoisotopic (exact) mass is 260 g/mol. The van der Waals surface area contributed by atoms with Gasteiger partial charge in [0.2, 0.25) is 0 Å². The third kappa shape index (κ3) is 1.70. The van der Waals surface area contributed by atoms with E-state index in [0.29, 0.717) is 0 Å². The van der Waals surface area contributed by atoms with Crippen LogP contribution in [0.3, 0.4) is 0 Å². The summed E-state index contributed by atoms with van der Waals surface area (Å²) in [6.07, 6.45) is 17.1. The third-order valence-corrected chi connectivity index (χ3v) is 8.36. The Morgan fingerprint density at radius 3 is 2.47 bits per heavy atom. The van der Waals surface area contributed by atoms with Crippen molar-refractivity contribution in [3.63, 3.8) is 0 Å². The molecular weight excluding hydrogens is 228 g/mol. The Hall–Kier alpha value is 0. The minimum Gasteiger partial charge on any atom is -0.0594 e. The molecule has 0 amide bonds. The van der Waals surface area contributed by atoms with Gasteiger partial charge in [-0.15, -0.1) is 0 Å². The van der Waals surface area contributed by atoms with E-state index < -0.39 is 0 Å². The highest BCUT2D eigenvalue weighted by Gasteiger charge is 2.56. The van der Waals surface area contributed by atoms with Gasteiger partial charge >= 0.3 is 0 Å². The van der Waals surface area contributed by atoms with E-state index in [1.807, 2.05) is 0 Å². The van der Waals surface area contributed by atoms with E-state index in [-0.39, 0.29) is 0 Å². The first kappa shape index (κ1) is 12.7. The van der Waals surface area contributed by atoms with Crippen LogP contribution in [0.2, 0.25) is 0 Å². The van der Waals surface area contributed by atoms with Gasteiger partial charge in [-0.25, -0.2) is 0 Å². The summed E-state index contributed by atoms with van der Waals surface area (Å²) in [6, 6.07) is 0. The maximum Gasteiger partial charge on any atom is -0.0266 e. The first-order valence-corrected chi connectivity index (χ1v) is 9.13. The molecule has 0 radical (unpaired) electrons. The molecule has 4 fully saturated rings. The van der Waals surface area contributed by atoms with Gasteiger partial charge in [-0.05, 0) is 85.9 Å². The molecule has 0 aliphatic heterocycles. The van der Waals surface area contributed by atoms with Crippen molar-refractivity contribution in [3.05, 3.63) is 0 Å². The van der Waals surface area contributed by atoms with Crippen molar-refractivity contribution in [3.8, 4) is 0 Å². The van der Waals surface area contributed by atoms with E-state index in [2.05, 4.69) is 13.8 Å². The fraction of sp³-hybridized carbons (Fsp3) is 1.00. The maximum absolute atomic E-state index is 2.70. The molecule has 0 aromatic carbocycles. The topological polar surface area (TPSA) is 0 Å². The second-order valence-corrected chi connectivity index (χ2v) is 8.99. The van der Waals surface area contributed by atoms with Crippen molar-refractivity contribution in [1.82, 2.24) is 0 Å². The van der Waals surface area contributed by atoms with Crippen LogP contribution in [-0.4, -0.2) is 0 Å². The van der Waals surface area contributed by atoms with Crippen molar-refractivity contribution in [1.29, 1.82) is 0 Å². The highest BCUT2D eigenvalue weighted by atomic mass is 14.6. The first-order valence-electron chi connectivity index (χ1n) is 9.13. The summed E-state index contributed by atoms with van der Waals surface area (Å²) in [7, 11) is 0. The minimum absolute atomic E-state index is 0.741. The van der Waals surface area contributed by atoms with E-state index in [4.69, 9.17) is 0 Å². The van der Waals surface area contributed by atoms with Crippen molar-refractivity contribution in [2.24, 2.45) is 34.5 Å². The van der Waals surface area contributed by atoms with E-state index in [1.165, 1.54) is 19.3 Å². The van der Waals surface area contributed by atoms with Gasteiger partial charge in [0.15, 0.2) is 0 Å². The lowest BCUT2D eigenvalue weighted by Crippen LogP contribution is -2.51. The summed E-state index contributed by atoms with van der Waals surface area (Å²) < 4.78 is 0.